The second kappa shape index (κ2) is 5.12. The van der Waals surface area contributed by atoms with Gasteiger partial charge in [0.25, 0.3) is 0 Å². The van der Waals surface area contributed by atoms with Crippen LogP contribution in [0, 0.1) is 5.82 Å². The molecule has 0 unspecified atom stereocenters. The van der Waals surface area contributed by atoms with Gasteiger partial charge in [0.1, 0.15) is 5.82 Å². The number of alkyl halides is 3. The Bertz CT molecular complexity index is 382. The van der Waals surface area contributed by atoms with Crippen LogP contribution < -0.4 is 0 Å². The molecule has 0 heterocycles. The van der Waals surface area contributed by atoms with E-state index in [9.17, 15) is 17.6 Å². The summed E-state index contributed by atoms with van der Waals surface area (Å²) in [4.78, 5) is 0. The van der Waals surface area contributed by atoms with Gasteiger partial charge in [-0.05, 0) is 18.1 Å². The van der Waals surface area contributed by atoms with Gasteiger partial charge in [-0.25, -0.2) is 4.39 Å². The van der Waals surface area contributed by atoms with E-state index >= 15 is 0 Å². The van der Waals surface area contributed by atoms with Crippen molar-refractivity contribution in [3.05, 3.63) is 41.2 Å². The summed E-state index contributed by atoms with van der Waals surface area (Å²) in [5, 5.41) is 8.48. The van der Waals surface area contributed by atoms with Crippen molar-refractivity contribution in [1.82, 2.24) is 0 Å². The molecule has 0 aliphatic rings. The maximum Gasteiger partial charge on any atom is 0.419 e. The van der Waals surface area contributed by atoms with Crippen LogP contribution in [0.25, 0.3) is 6.08 Å². The average Bonchev–Trinajstić information content (AvgIpc) is 2.16. The largest absolute Gasteiger partial charge is 0.419 e. The molecule has 1 N–H and O–H groups in total. The van der Waals surface area contributed by atoms with Crippen molar-refractivity contribution in [3.8, 4) is 0 Å². The normalized spacial score (nSPS) is 12.3. The highest BCUT2D eigenvalue weighted by atomic mass is 19.4. The lowest BCUT2D eigenvalue weighted by Gasteiger charge is -2.10. The molecule has 0 saturated heterocycles. The van der Waals surface area contributed by atoms with E-state index in [1.807, 2.05) is 0 Å². The molecule has 0 radical (unpaired) electrons. The average molecular weight is 234 g/mol. The van der Waals surface area contributed by atoms with E-state index in [0.717, 1.165) is 12.1 Å². The molecular formula is C11H10F4O. The molecule has 1 aromatic rings. The third-order valence-corrected chi connectivity index (χ3v) is 1.92. The summed E-state index contributed by atoms with van der Waals surface area (Å²) < 4.78 is 50.5. The summed E-state index contributed by atoms with van der Waals surface area (Å²) in [6.07, 6.45) is -1.97. The lowest BCUT2D eigenvalue weighted by Crippen LogP contribution is -2.10. The predicted octanol–water partition coefficient (Wildman–Crippen LogP) is 3.24. The van der Waals surface area contributed by atoms with Crippen LogP contribution in [0.15, 0.2) is 24.3 Å². The molecule has 0 spiro atoms. The first-order chi connectivity index (χ1) is 7.46. The Balaban J connectivity index is 3.14. The molecule has 1 aromatic carbocycles. The van der Waals surface area contributed by atoms with Gasteiger partial charge >= 0.3 is 6.18 Å². The lowest BCUT2D eigenvalue weighted by atomic mass is 10.1. The Morgan fingerprint density at radius 1 is 1.25 bits per heavy atom. The van der Waals surface area contributed by atoms with E-state index in [4.69, 9.17) is 5.11 Å². The number of halogens is 4. The Kier molecular flexibility index (Phi) is 4.06. The minimum absolute atomic E-state index is 0.160. The van der Waals surface area contributed by atoms with Crippen molar-refractivity contribution in [3.63, 3.8) is 0 Å². The number of aliphatic hydroxyl groups excluding tert-OH is 1. The Morgan fingerprint density at radius 3 is 2.50 bits per heavy atom. The summed E-state index contributed by atoms with van der Waals surface area (Å²) in [6.45, 7) is -0.160. The minimum atomic E-state index is -4.72. The van der Waals surface area contributed by atoms with Crippen LogP contribution in [0.3, 0.4) is 0 Å². The maximum absolute atomic E-state index is 13.1. The van der Waals surface area contributed by atoms with Crippen molar-refractivity contribution >= 4 is 6.08 Å². The van der Waals surface area contributed by atoms with Crippen LogP contribution >= 0.6 is 0 Å². The summed E-state index contributed by atoms with van der Waals surface area (Å²) in [5.74, 6) is -1.29. The fourth-order valence-corrected chi connectivity index (χ4v) is 1.26. The van der Waals surface area contributed by atoms with Crippen molar-refractivity contribution in [2.24, 2.45) is 0 Å². The van der Waals surface area contributed by atoms with E-state index in [1.165, 1.54) is 18.2 Å². The van der Waals surface area contributed by atoms with Crippen molar-refractivity contribution < 1.29 is 22.7 Å². The molecule has 1 rings (SSSR count). The number of benzene rings is 1. The molecule has 0 amide bonds. The molecule has 0 aliphatic carbocycles. The Hall–Kier alpha value is -1.36. The minimum Gasteiger partial charge on any atom is -0.396 e. The van der Waals surface area contributed by atoms with Crippen LogP contribution in [0.1, 0.15) is 17.5 Å². The van der Waals surface area contributed by atoms with Crippen LogP contribution in [0.2, 0.25) is 0 Å². The molecule has 1 nitrogen and oxygen atoms in total. The lowest BCUT2D eigenvalue weighted by molar-refractivity contribution is -0.140. The maximum atomic E-state index is 13.1. The van der Waals surface area contributed by atoms with Crippen LogP contribution in [0.4, 0.5) is 17.6 Å². The monoisotopic (exact) mass is 234 g/mol. The smallest absolute Gasteiger partial charge is 0.396 e. The van der Waals surface area contributed by atoms with Gasteiger partial charge in [-0.3, -0.25) is 0 Å². The number of hydrogen-bond donors (Lipinski definition) is 1. The second-order valence-electron chi connectivity index (χ2n) is 3.12. The summed E-state index contributed by atoms with van der Waals surface area (Å²) in [7, 11) is 0. The first-order valence-electron chi connectivity index (χ1n) is 4.60. The topological polar surface area (TPSA) is 20.2 Å². The third-order valence-electron chi connectivity index (χ3n) is 1.92. The fourth-order valence-electron chi connectivity index (χ4n) is 1.26. The highest BCUT2D eigenvalue weighted by Gasteiger charge is 2.35. The molecule has 88 valence electrons. The molecular weight excluding hydrogens is 224 g/mol. The Labute approximate surface area is 90.0 Å². The van der Waals surface area contributed by atoms with E-state index < -0.39 is 17.6 Å². The van der Waals surface area contributed by atoms with Gasteiger partial charge < -0.3 is 5.11 Å². The number of hydrogen-bond acceptors (Lipinski definition) is 1. The molecule has 0 saturated carbocycles. The molecule has 0 atom stereocenters. The first kappa shape index (κ1) is 12.7. The van der Waals surface area contributed by atoms with Crippen molar-refractivity contribution in [2.45, 2.75) is 12.6 Å². The third kappa shape index (κ3) is 3.06. The van der Waals surface area contributed by atoms with Crippen LogP contribution in [-0.2, 0) is 6.18 Å². The summed E-state index contributed by atoms with van der Waals surface area (Å²) in [6, 6.07) is 3.16. The van der Waals surface area contributed by atoms with Gasteiger partial charge in [0, 0.05) is 6.61 Å². The highest BCUT2D eigenvalue weighted by Crippen LogP contribution is 2.34. The first-order valence-corrected chi connectivity index (χ1v) is 4.60. The molecule has 0 aliphatic heterocycles. The van der Waals surface area contributed by atoms with E-state index in [0.29, 0.717) is 0 Å². The van der Waals surface area contributed by atoms with Gasteiger partial charge in [0.15, 0.2) is 0 Å². The number of rotatable bonds is 3. The van der Waals surface area contributed by atoms with Gasteiger partial charge in [-0.2, -0.15) is 13.2 Å². The van der Waals surface area contributed by atoms with Crippen LogP contribution in [-0.4, -0.2) is 11.7 Å². The standard InChI is InChI=1S/C11H10F4O/c12-9-6-3-5-8(4-1-2-7-16)10(9)11(13,14)15/h1,3-6,16H,2,7H2. The zero-order valence-corrected chi connectivity index (χ0v) is 8.26. The molecule has 0 aromatic heterocycles. The van der Waals surface area contributed by atoms with Gasteiger partial charge in [0.05, 0.1) is 5.56 Å². The Morgan fingerprint density at radius 2 is 1.94 bits per heavy atom. The SMILES string of the molecule is OCCC=Cc1cccc(F)c1C(F)(F)F. The molecule has 16 heavy (non-hydrogen) atoms. The molecule has 5 heteroatoms. The van der Waals surface area contributed by atoms with Crippen molar-refractivity contribution in [2.75, 3.05) is 6.61 Å². The predicted molar refractivity (Wildman–Crippen MR) is 52.1 cm³/mol. The highest BCUT2D eigenvalue weighted by molar-refractivity contribution is 5.55. The van der Waals surface area contributed by atoms with Crippen LogP contribution in [0.5, 0.6) is 0 Å². The van der Waals surface area contributed by atoms with E-state index in [1.54, 1.807) is 0 Å². The quantitative estimate of drug-likeness (QED) is 0.796. The van der Waals surface area contributed by atoms with E-state index in [2.05, 4.69) is 0 Å². The van der Waals surface area contributed by atoms with Gasteiger partial charge in [-0.1, -0.05) is 24.3 Å². The van der Waals surface area contributed by atoms with Crippen molar-refractivity contribution in [1.29, 1.82) is 0 Å². The number of aliphatic hydroxyl groups is 1. The van der Waals surface area contributed by atoms with E-state index in [-0.39, 0.29) is 18.6 Å². The fraction of sp³-hybridized carbons (Fsp3) is 0.273. The summed E-state index contributed by atoms with van der Waals surface area (Å²) >= 11 is 0. The van der Waals surface area contributed by atoms with Gasteiger partial charge in [0.2, 0.25) is 0 Å². The molecule has 0 bridgehead atoms. The summed E-state index contributed by atoms with van der Waals surface area (Å²) in [5.41, 5.74) is -1.51. The zero-order chi connectivity index (χ0) is 12.2. The molecule has 0 fully saturated rings. The second-order valence-corrected chi connectivity index (χ2v) is 3.12. The zero-order valence-electron chi connectivity index (χ0n) is 8.26. The van der Waals surface area contributed by atoms with Gasteiger partial charge in [-0.15, -0.1) is 0 Å².